The van der Waals surface area contributed by atoms with E-state index in [2.05, 4.69) is 14.9 Å². The van der Waals surface area contributed by atoms with Crippen LogP contribution in [0.1, 0.15) is 39.3 Å². The molecular formula is C16H27N3O3. The number of nitrogens with one attached hydrogen (secondary N) is 1. The lowest BCUT2D eigenvalue weighted by molar-refractivity contribution is 0.0480. The van der Waals surface area contributed by atoms with Crippen molar-refractivity contribution in [1.82, 2.24) is 14.9 Å². The van der Waals surface area contributed by atoms with Crippen LogP contribution in [0.15, 0.2) is 12.5 Å². The molecule has 0 radical (unpaired) electrons. The predicted octanol–water partition coefficient (Wildman–Crippen LogP) is 2.38. The fourth-order valence-corrected chi connectivity index (χ4v) is 2.56. The number of ether oxygens (including phenoxy) is 2. The highest BCUT2D eigenvalue weighted by atomic mass is 16.6. The van der Waals surface area contributed by atoms with Gasteiger partial charge in [0, 0.05) is 43.9 Å². The summed E-state index contributed by atoms with van der Waals surface area (Å²) in [6.45, 7) is 8.75. The number of hydrogen-bond acceptors (Lipinski definition) is 4. The molecule has 1 aliphatic rings. The number of rotatable bonds is 5. The first-order valence-corrected chi connectivity index (χ1v) is 7.97. The smallest absolute Gasteiger partial charge is 0.407 e. The van der Waals surface area contributed by atoms with E-state index in [1.807, 2.05) is 33.3 Å². The molecule has 1 amide bonds. The molecule has 1 saturated heterocycles. The van der Waals surface area contributed by atoms with Crippen LogP contribution >= 0.6 is 0 Å². The molecule has 124 valence electrons. The van der Waals surface area contributed by atoms with Crippen LogP contribution in [-0.4, -0.2) is 41.0 Å². The lowest BCUT2D eigenvalue weighted by atomic mass is 10.0. The molecule has 0 spiro atoms. The molecule has 1 unspecified atom stereocenters. The maximum absolute atomic E-state index is 11.6. The van der Waals surface area contributed by atoms with Gasteiger partial charge in [-0.3, -0.25) is 0 Å². The van der Waals surface area contributed by atoms with Crippen LogP contribution in [0.4, 0.5) is 4.79 Å². The maximum atomic E-state index is 11.6. The summed E-state index contributed by atoms with van der Waals surface area (Å²) in [7, 11) is 0. The van der Waals surface area contributed by atoms with Gasteiger partial charge >= 0.3 is 6.09 Å². The van der Waals surface area contributed by atoms with Gasteiger partial charge < -0.3 is 19.4 Å². The molecule has 1 N–H and O–H groups in total. The summed E-state index contributed by atoms with van der Waals surface area (Å²) in [6, 6.07) is 0. The van der Waals surface area contributed by atoms with E-state index in [-0.39, 0.29) is 6.09 Å². The van der Waals surface area contributed by atoms with Crippen molar-refractivity contribution in [1.29, 1.82) is 0 Å². The second kappa shape index (κ2) is 7.63. The van der Waals surface area contributed by atoms with Gasteiger partial charge in [0.2, 0.25) is 0 Å². The van der Waals surface area contributed by atoms with Gasteiger partial charge in [-0.2, -0.15) is 0 Å². The zero-order chi connectivity index (χ0) is 16.0. The molecule has 1 aromatic heterocycles. The minimum Gasteiger partial charge on any atom is -0.444 e. The standard InChI is InChI=1S/C16H27N3O3/c1-16(2,3)22-15(20)18-7-6-14-9-17-12-19(14)10-13-5-4-8-21-11-13/h9,12-13H,4-8,10-11H2,1-3H3,(H,18,20). The number of nitrogens with zero attached hydrogens (tertiary/aromatic N) is 2. The number of amides is 1. The molecule has 0 aliphatic carbocycles. The molecule has 22 heavy (non-hydrogen) atoms. The van der Waals surface area contributed by atoms with Crippen LogP contribution < -0.4 is 5.32 Å². The monoisotopic (exact) mass is 309 g/mol. The highest BCUT2D eigenvalue weighted by Crippen LogP contribution is 2.16. The van der Waals surface area contributed by atoms with E-state index < -0.39 is 5.60 Å². The summed E-state index contributed by atoms with van der Waals surface area (Å²) < 4.78 is 12.9. The van der Waals surface area contributed by atoms with Crippen molar-refractivity contribution in [2.75, 3.05) is 19.8 Å². The average molecular weight is 309 g/mol. The van der Waals surface area contributed by atoms with E-state index in [0.717, 1.165) is 38.3 Å². The average Bonchev–Trinajstić information content (AvgIpc) is 2.85. The van der Waals surface area contributed by atoms with E-state index in [0.29, 0.717) is 12.5 Å². The van der Waals surface area contributed by atoms with Crippen molar-refractivity contribution < 1.29 is 14.3 Å². The SMILES string of the molecule is CC(C)(C)OC(=O)NCCc1cncn1CC1CCCOC1. The Kier molecular flexibility index (Phi) is 5.83. The van der Waals surface area contributed by atoms with E-state index in [1.165, 1.54) is 6.42 Å². The van der Waals surface area contributed by atoms with Crippen LogP contribution in [0.5, 0.6) is 0 Å². The molecule has 0 aromatic carbocycles. The Balaban J connectivity index is 1.76. The zero-order valence-electron chi connectivity index (χ0n) is 13.8. The van der Waals surface area contributed by atoms with Crippen molar-refractivity contribution in [3.05, 3.63) is 18.2 Å². The van der Waals surface area contributed by atoms with E-state index in [1.54, 1.807) is 0 Å². The van der Waals surface area contributed by atoms with Crippen molar-refractivity contribution in [3.63, 3.8) is 0 Å². The van der Waals surface area contributed by atoms with Gasteiger partial charge in [-0.15, -0.1) is 0 Å². The van der Waals surface area contributed by atoms with E-state index in [9.17, 15) is 4.79 Å². The quantitative estimate of drug-likeness (QED) is 0.907. The molecule has 6 nitrogen and oxygen atoms in total. The Morgan fingerprint density at radius 1 is 1.55 bits per heavy atom. The molecule has 0 saturated carbocycles. The third-order valence-electron chi connectivity index (χ3n) is 3.56. The van der Waals surface area contributed by atoms with Crippen LogP contribution in [0, 0.1) is 5.92 Å². The predicted molar refractivity (Wildman–Crippen MR) is 83.7 cm³/mol. The van der Waals surface area contributed by atoms with E-state index in [4.69, 9.17) is 9.47 Å². The first kappa shape index (κ1) is 16.8. The Bertz CT molecular complexity index is 473. The molecule has 1 fully saturated rings. The van der Waals surface area contributed by atoms with Crippen LogP contribution in [0.25, 0.3) is 0 Å². The van der Waals surface area contributed by atoms with Gasteiger partial charge in [0.25, 0.3) is 0 Å². The summed E-state index contributed by atoms with van der Waals surface area (Å²) in [5.74, 6) is 0.556. The summed E-state index contributed by atoms with van der Waals surface area (Å²) in [5.41, 5.74) is 0.661. The summed E-state index contributed by atoms with van der Waals surface area (Å²) in [5, 5.41) is 2.78. The summed E-state index contributed by atoms with van der Waals surface area (Å²) >= 11 is 0. The largest absolute Gasteiger partial charge is 0.444 e. The van der Waals surface area contributed by atoms with Gasteiger partial charge in [-0.25, -0.2) is 9.78 Å². The third kappa shape index (κ3) is 5.67. The number of aromatic nitrogens is 2. The molecule has 2 rings (SSSR count). The molecule has 2 heterocycles. The van der Waals surface area contributed by atoms with Gasteiger partial charge in [0.05, 0.1) is 12.9 Å². The Hall–Kier alpha value is -1.56. The highest BCUT2D eigenvalue weighted by molar-refractivity contribution is 5.67. The van der Waals surface area contributed by atoms with Gasteiger partial charge in [0.15, 0.2) is 0 Å². The highest BCUT2D eigenvalue weighted by Gasteiger charge is 2.17. The molecule has 1 aliphatic heterocycles. The summed E-state index contributed by atoms with van der Waals surface area (Å²) in [6.07, 6.45) is 6.42. The number of carbonyl (C=O) groups is 1. The maximum Gasteiger partial charge on any atom is 0.407 e. The number of alkyl carbamates (subject to hydrolysis) is 1. The Morgan fingerprint density at radius 2 is 2.36 bits per heavy atom. The number of imidazole rings is 1. The first-order valence-electron chi connectivity index (χ1n) is 7.97. The Labute approximate surface area is 132 Å². The number of carbonyl (C=O) groups excluding carboxylic acids is 1. The van der Waals surface area contributed by atoms with Crippen molar-refractivity contribution in [2.45, 2.75) is 52.2 Å². The molecule has 6 heteroatoms. The number of hydrogen-bond donors (Lipinski definition) is 1. The van der Waals surface area contributed by atoms with Crippen LogP contribution in [0.2, 0.25) is 0 Å². The lowest BCUT2D eigenvalue weighted by Crippen LogP contribution is -2.33. The fourth-order valence-electron chi connectivity index (χ4n) is 2.56. The second-order valence-electron chi connectivity index (χ2n) is 6.80. The molecular weight excluding hydrogens is 282 g/mol. The van der Waals surface area contributed by atoms with Crippen molar-refractivity contribution in [2.24, 2.45) is 5.92 Å². The first-order chi connectivity index (χ1) is 10.4. The van der Waals surface area contributed by atoms with Crippen LogP contribution in [0.3, 0.4) is 0 Å². The molecule has 1 atom stereocenters. The van der Waals surface area contributed by atoms with Gasteiger partial charge in [-0.1, -0.05) is 0 Å². The zero-order valence-corrected chi connectivity index (χ0v) is 13.8. The van der Waals surface area contributed by atoms with E-state index >= 15 is 0 Å². The van der Waals surface area contributed by atoms with Crippen molar-refractivity contribution in [3.8, 4) is 0 Å². The Morgan fingerprint density at radius 3 is 3.05 bits per heavy atom. The van der Waals surface area contributed by atoms with Gasteiger partial charge in [-0.05, 0) is 33.6 Å². The molecule has 1 aromatic rings. The third-order valence-corrected chi connectivity index (χ3v) is 3.56. The van der Waals surface area contributed by atoms with Crippen LogP contribution in [-0.2, 0) is 22.4 Å². The fraction of sp³-hybridized carbons (Fsp3) is 0.750. The minimum absolute atomic E-state index is 0.376. The minimum atomic E-state index is -0.465. The summed E-state index contributed by atoms with van der Waals surface area (Å²) in [4.78, 5) is 15.8. The molecule has 0 bridgehead atoms. The van der Waals surface area contributed by atoms with Gasteiger partial charge in [0.1, 0.15) is 5.60 Å². The van der Waals surface area contributed by atoms with Crippen molar-refractivity contribution >= 4 is 6.09 Å². The topological polar surface area (TPSA) is 65.4 Å². The lowest BCUT2D eigenvalue weighted by Gasteiger charge is -2.23. The normalized spacial score (nSPS) is 19.0. The second-order valence-corrected chi connectivity index (χ2v) is 6.80.